The summed E-state index contributed by atoms with van der Waals surface area (Å²) in [7, 11) is 0. The van der Waals surface area contributed by atoms with Crippen LogP contribution in [0.2, 0.25) is 0 Å². The van der Waals surface area contributed by atoms with Crippen molar-refractivity contribution in [3.8, 4) is 5.75 Å². The summed E-state index contributed by atoms with van der Waals surface area (Å²) in [6.45, 7) is 3.30. The van der Waals surface area contributed by atoms with Gasteiger partial charge in [-0.15, -0.1) is 0 Å². The molecule has 1 saturated carbocycles. The van der Waals surface area contributed by atoms with E-state index < -0.39 is 0 Å². The number of fused-ring (bicyclic) bond motifs is 1. The van der Waals surface area contributed by atoms with Crippen molar-refractivity contribution in [2.75, 3.05) is 13.2 Å². The highest BCUT2D eigenvalue weighted by atomic mass is 16.5. The van der Waals surface area contributed by atoms with Crippen LogP contribution in [-0.4, -0.2) is 36.0 Å². The van der Waals surface area contributed by atoms with E-state index in [0.717, 1.165) is 43.5 Å². The Morgan fingerprint density at radius 1 is 1.29 bits per heavy atom. The zero-order valence-corrected chi connectivity index (χ0v) is 12.6. The van der Waals surface area contributed by atoms with E-state index in [1.165, 1.54) is 0 Å². The summed E-state index contributed by atoms with van der Waals surface area (Å²) in [6, 6.07) is 8.53. The monoisotopic (exact) mass is 288 g/mol. The van der Waals surface area contributed by atoms with Gasteiger partial charge in [0, 0.05) is 24.2 Å². The average Bonchev–Trinajstić information content (AvgIpc) is 2.94. The maximum absolute atomic E-state index is 12.9. The Morgan fingerprint density at radius 2 is 2.00 bits per heavy atom. The first kappa shape index (κ1) is 14.4. The molecule has 0 saturated heterocycles. The minimum absolute atomic E-state index is 0.142. The molecule has 4 heteroatoms. The summed E-state index contributed by atoms with van der Waals surface area (Å²) in [5.41, 5.74) is 7.01. The molecular formula is C17H24N2O2. The Balaban J connectivity index is 1.74. The number of benzene rings is 1. The third kappa shape index (κ3) is 2.77. The number of hydrogen-bond donors (Lipinski definition) is 1. The van der Waals surface area contributed by atoms with Crippen LogP contribution in [0.15, 0.2) is 24.3 Å². The number of rotatable bonds is 3. The van der Waals surface area contributed by atoms with Crippen LogP contribution in [0.25, 0.3) is 0 Å². The fraction of sp³-hybridized carbons (Fsp3) is 0.588. The molecule has 4 nitrogen and oxygen atoms in total. The van der Waals surface area contributed by atoms with E-state index in [1.54, 1.807) is 0 Å². The minimum Gasteiger partial charge on any atom is -0.492 e. The van der Waals surface area contributed by atoms with Crippen LogP contribution in [-0.2, 0) is 4.79 Å². The number of amides is 1. The molecule has 1 aliphatic heterocycles. The highest BCUT2D eigenvalue weighted by molar-refractivity contribution is 5.85. The minimum atomic E-state index is -0.142. The zero-order valence-electron chi connectivity index (χ0n) is 12.6. The number of carbonyl (C=O) groups is 1. The highest BCUT2D eigenvalue weighted by Crippen LogP contribution is 2.35. The van der Waals surface area contributed by atoms with E-state index in [9.17, 15) is 4.79 Å². The van der Waals surface area contributed by atoms with Gasteiger partial charge in [-0.25, -0.2) is 0 Å². The maximum Gasteiger partial charge on any atom is 0.233 e. The van der Waals surface area contributed by atoms with Crippen molar-refractivity contribution in [2.45, 2.75) is 50.6 Å². The fourth-order valence-corrected chi connectivity index (χ4v) is 3.57. The van der Waals surface area contributed by atoms with Gasteiger partial charge in [-0.3, -0.25) is 4.79 Å². The van der Waals surface area contributed by atoms with Crippen LogP contribution in [0.1, 0.15) is 44.1 Å². The molecule has 2 N–H and O–H groups in total. The Kier molecular flexibility index (Phi) is 4.15. The van der Waals surface area contributed by atoms with Crippen molar-refractivity contribution in [3.63, 3.8) is 0 Å². The average molecular weight is 288 g/mol. The van der Waals surface area contributed by atoms with Crippen LogP contribution >= 0.6 is 0 Å². The Hall–Kier alpha value is -1.55. The van der Waals surface area contributed by atoms with Gasteiger partial charge in [-0.2, -0.15) is 0 Å². The summed E-state index contributed by atoms with van der Waals surface area (Å²) < 4.78 is 5.66. The van der Waals surface area contributed by atoms with Gasteiger partial charge in [0.1, 0.15) is 18.3 Å². The van der Waals surface area contributed by atoms with Crippen LogP contribution < -0.4 is 10.5 Å². The second-order valence-electron chi connectivity index (χ2n) is 6.09. The van der Waals surface area contributed by atoms with E-state index in [-0.39, 0.29) is 11.8 Å². The van der Waals surface area contributed by atoms with E-state index in [4.69, 9.17) is 10.5 Å². The molecule has 1 heterocycles. The van der Waals surface area contributed by atoms with Gasteiger partial charge in [0.25, 0.3) is 0 Å². The van der Waals surface area contributed by atoms with Gasteiger partial charge in [0.15, 0.2) is 0 Å². The molecule has 21 heavy (non-hydrogen) atoms. The molecule has 3 rings (SSSR count). The topological polar surface area (TPSA) is 55.6 Å². The lowest BCUT2D eigenvalue weighted by Crippen LogP contribution is -2.46. The molecule has 1 amide bonds. The lowest BCUT2D eigenvalue weighted by atomic mass is 9.89. The first-order valence-corrected chi connectivity index (χ1v) is 7.98. The molecule has 2 aliphatic rings. The van der Waals surface area contributed by atoms with Crippen LogP contribution in [0, 0.1) is 0 Å². The van der Waals surface area contributed by atoms with Crippen molar-refractivity contribution in [2.24, 2.45) is 5.73 Å². The third-order valence-electron chi connectivity index (χ3n) is 4.80. The first-order chi connectivity index (χ1) is 10.2. The van der Waals surface area contributed by atoms with Gasteiger partial charge in [-0.1, -0.05) is 18.2 Å². The molecule has 1 fully saturated rings. The molecule has 1 aromatic rings. The predicted octanol–water partition coefficient (Wildman–Crippen LogP) is 2.28. The maximum atomic E-state index is 12.9. The van der Waals surface area contributed by atoms with Crippen molar-refractivity contribution >= 4 is 5.91 Å². The van der Waals surface area contributed by atoms with E-state index in [1.807, 2.05) is 29.2 Å². The fourth-order valence-electron chi connectivity index (χ4n) is 3.57. The van der Waals surface area contributed by atoms with Gasteiger partial charge < -0.3 is 15.4 Å². The lowest BCUT2D eigenvalue weighted by molar-refractivity contribution is -0.135. The van der Waals surface area contributed by atoms with Crippen LogP contribution in [0.5, 0.6) is 5.75 Å². The van der Waals surface area contributed by atoms with Gasteiger partial charge >= 0.3 is 0 Å². The molecule has 0 spiro atoms. The third-order valence-corrected chi connectivity index (χ3v) is 4.80. The van der Waals surface area contributed by atoms with Gasteiger partial charge in [-0.05, 0) is 38.7 Å². The predicted molar refractivity (Wildman–Crippen MR) is 82.3 cm³/mol. The summed E-state index contributed by atoms with van der Waals surface area (Å²) in [4.78, 5) is 15.0. The number of hydrogen-bond acceptors (Lipinski definition) is 3. The summed E-state index contributed by atoms with van der Waals surface area (Å²) in [6.07, 6.45) is 4.09. The molecule has 1 aromatic carbocycles. The quantitative estimate of drug-likeness (QED) is 0.928. The standard InChI is InChI=1S/C17H24N2O2/c1-2-19(13-9-7-12(18)8-10-13)17(20)15-11-21-16-6-4-3-5-14(15)16/h3-6,12-13,15H,2,7-11,18H2,1H3. The van der Waals surface area contributed by atoms with Crippen LogP contribution in [0.3, 0.4) is 0 Å². The lowest BCUT2D eigenvalue weighted by Gasteiger charge is -2.36. The SMILES string of the molecule is CCN(C(=O)C1COc2ccccc21)C1CCC(N)CC1. The van der Waals surface area contributed by atoms with Crippen molar-refractivity contribution in [3.05, 3.63) is 29.8 Å². The van der Waals surface area contributed by atoms with E-state index in [0.29, 0.717) is 18.7 Å². The molecular weight excluding hydrogens is 264 g/mol. The number of carbonyl (C=O) groups excluding carboxylic acids is 1. The second kappa shape index (κ2) is 6.06. The normalized spacial score (nSPS) is 27.8. The van der Waals surface area contributed by atoms with E-state index >= 15 is 0 Å². The highest BCUT2D eigenvalue weighted by Gasteiger charge is 2.36. The number of likely N-dealkylation sites (N-methyl/N-ethyl adjacent to an activating group) is 1. The molecule has 1 unspecified atom stereocenters. The van der Waals surface area contributed by atoms with Gasteiger partial charge in [0.2, 0.25) is 5.91 Å². The van der Waals surface area contributed by atoms with Gasteiger partial charge in [0.05, 0.1) is 0 Å². The molecule has 114 valence electrons. The molecule has 0 aromatic heterocycles. The Bertz CT molecular complexity index is 509. The van der Waals surface area contributed by atoms with Crippen molar-refractivity contribution in [1.29, 1.82) is 0 Å². The molecule has 0 radical (unpaired) electrons. The molecule has 1 atom stereocenters. The van der Waals surface area contributed by atoms with E-state index in [2.05, 4.69) is 6.92 Å². The molecule has 0 bridgehead atoms. The van der Waals surface area contributed by atoms with Crippen molar-refractivity contribution < 1.29 is 9.53 Å². The second-order valence-corrected chi connectivity index (χ2v) is 6.09. The van der Waals surface area contributed by atoms with Crippen LogP contribution in [0.4, 0.5) is 0 Å². The number of ether oxygens (including phenoxy) is 1. The largest absolute Gasteiger partial charge is 0.492 e. The smallest absolute Gasteiger partial charge is 0.233 e. The number of para-hydroxylation sites is 1. The summed E-state index contributed by atoms with van der Waals surface area (Å²) in [5.74, 6) is 0.928. The summed E-state index contributed by atoms with van der Waals surface area (Å²) >= 11 is 0. The first-order valence-electron chi connectivity index (χ1n) is 7.98. The number of nitrogens with two attached hydrogens (primary N) is 1. The molecule has 1 aliphatic carbocycles. The summed E-state index contributed by atoms with van der Waals surface area (Å²) in [5, 5.41) is 0. The number of nitrogens with zero attached hydrogens (tertiary/aromatic N) is 1. The van der Waals surface area contributed by atoms with Crippen molar-refractivity contribution in [1.82, 2.24) is 4.90 Å². The Morgan fingerprint density at radius 3 is 2.71 bits per heavy atom. The zero-order chi connectivity index (χ0) is 14.8. The Labute approximate surface area is 126 Å².